The van der Waals surface area contributed by atoms with E-state index in [1.165, 1.54) is 4.58 Å². The van der Waals surface area contributed by atoms with Gasteiger partial charge in [0.15, 0.2) is 11.6 Å². The topological polar surface area (TPSA) is 71.7 Å². The SMILES string of the molecule is [2H]c1c([2H])c([2H])c(-c2cc(C(C)(C)C)cc(-c3c([2H])c([2H])c([2H])c([2H])c3[2H])c2[N+]2=C=[N+](c3[c-]c(Oc4[c-]c5c(cc4-c4nc(-c6ccccc6)nc(-c6ccccc6)n4)c4ccccc4n5-c4ccccn4)ccc3)C=C2)c([2H])c1[2H].[Pt+2]. The Bertz CT molecular complexity index is 4320. The van der Waals surface area contributed by atoms with Gasteiger partial charge in [0.1, 0.15) is 17.3 Å². The molecule has 0 atom stereocenters. The molecular weight excluding hydrogens is 1070 g/mol. The Kier molecular flexibility index (Phi) is 9.48. The normalized spacial score (nSPS) is 14.1. The summed E-state index contributed by atoms with van der Waals surface area (Å²) in [7, 11) is 0. The van der Waals surface area contributed by atoms with Crippen molar-refractivity contribution in [1.82, 2.24) is 24.5 Å². The average Bonchev–Trinajstić information content (AvgIpc) is 3.68. The van der Waals surface area contributed by atoms with Crippen molar-refractivity contribution in [3.05, 3.63) is 236 Å². The third-order valence-electron chi connectivity index (χ3n) is 12.1. The van der Waals surface area contributed by atoms with Crippen LogP contribution >= 0.6 is 0 Å². The van der Waals surface area contributed by atoms with Crippen molar-refractivity contribution >= 4 is 39.2 Å². The molecule has 0 N–H and O–H groups in total. The Hall–Kier alpha value is -8.67. The van der Waals surface area contributed by atoms with Crippen molar-refractivity contribution in [3.8, 4) is 73.7 Å². The molecule has 12 rings (SSSR count). The number of fused-ring (bicyclic) bond motifs is 3. The van der Waals surface area contributed by atoms with Gasteiger partial charge in [-0.05, 0) is 63.4 Å². The fourth-order valence-corrected chi connectivity index (χ4v) is 8.62. The summed E-state index contributed by atoms with van der Waals surface area (Å²) in [5, 5.41) is 1.78. The summed E-state index contributed by atoms with van der Waals surface area (Å²) in [5.74, 6) is 2.40. The van der Waals surface area contributed by atoms with Crippen LogP contribution in [0.3, 0.4) is 0 Å². The second-order valence-electron chi connectivity index (χ2n) is 17.7. The minimum absolute atomic E-state index is 0. The zero-order chi connectivity index (χ0) is 56.6. The summed E-state index contributed by atoms with van der Waals surface area (Å²) in [4.78, 5) is 19.9. The van der Waals surface area contributed by atoms with Crippen LogP contribution in [0.15, 0.2) is 219 Å². The first-order valence-corrected chi connectivity index (χ1v) is 22.8. The molecule has 0 radical (unpaired) electrons. The predicted molar refractivity (Wildman–Crippen MR) is 282 cm³/mol. The van der Waals surface area contributed by atoms with Crippen molar-refractivity contribution in [3.63, 3.8) is 0 Å². The molecule has 72 heavy (non-hydrogen) atoms. The van der Waals surface area contributed by atoms with E-state index < -0.39 is 65.8 Å². The zero-order valence-electron chi connectivity index (χ0n) is 48.9. The van der Waals surface area contributed by atoms with Crippen LogP contribution in [-0.4, -0.2) is 39.7 Å². The number of para-hydroxylation sites is 1. The molecule has 346 valence electrons. The van der Waals surface area contributed by atoms with Crippen molar-refractivity contribution in [2.45, 2.75) is 26.2 Å². The second kappa shape index (κ2) is 19.3. The van der Waals surface area contributed by atoms with E-state index in [9.17, 15) is 5.48 Å². The van der Waals surface area contributed by atoms with Crippen LogP contribution < -0.4 is 4.74 Å². The Morgan fingerprint density at radius 1 is 0.569 bits per heavy atom. The van der Waals surface area contributed by atoms with Gasteiger partial charge < -0.3 is 9.30 Å². The van der Waals surface area contributed by atoms with Crippen molar-refractivity contribution in [2.75, 3.05) is 0 Å². The summed E-state index contributed by atoms with van der Waals surface area (Å²) in [6.07, 6.45) is 5.02. The summed E-state index contributed by atoms with van der Waals surface area (Å²) < 4.78 is 100. The molecule has 0 fully saturated rings. The molecule has 0 amide bonds. The van der Waals surface area contributed by atoms with Gasteiger partial charge in [-0.15, -0.1) is 23.6 Å². The Morgan fingerprint density at radius 2 is 1.17 bits per heavy atom. The van der Waals surface area contributed by atoms with Crippen LogP contribution in [-0.2, 0) is 26.5 Å². The minimum atomic E-state index is -0.646. The summed E-state index contributed by atoms with van der Waals surface area (Å²) >= 11 is 0. The monoisotopic (exact) mass is 1120 g/mol. The molecular formula is C63H45N7OPt+2. The maximum atomic E-state index is 9.17. The van der Waals surface area contributed by atoms with Crippen LogP contribution in [0.25, 0.3) is 84.0 Å². The second-order valence-corrected chi connectivity index (χ2v) is 17.7. The zero-order valence-corrected chi connectivity index (χ0v) is 41.1. The number of rotatable bonds is 10. The number of aromatic nitrogens is 5. The molecule has 1 aliphatic heterocycles. The van der Waals surface area contributed by atoms with E-state index in [0.717, 1.165) is 27.4 Å². The number of hydrogen-bond acceptors (Lipinski definition) is 5. The van der Waals surface area contributed by atoms with Gasteiger partial charge >= 0.3 is 27.1 Å². The fraction of sp³-hybridized carbons (Fsp3) is 0.0635. The molecule has 11 aromatic rings. The van der Waals surface area contributed by atoms with E-state index in [-0.39, 0.29) is 60.5 Å². The molecule has 4 heterocycles. The van der Waals surface area contributed by atoms with Gasteiger partial charge in [-0.1, -0.05) is 193 Å². The van der Waals surface area contributed by atoms with Gasteiger partial charge in [0, 0.05) is 34.3 Å². The summed E-state index contributed by atoms with van der Waals surface area (Å²) in [6.45, 7) is 5.77. The molecule has 0 saturated heterocycles. The molecule has 8 aromatic carbocycles. The quantitative estimate of drug-likeness (QED) is 0.101. The number of benzene rings is 8. The first kappa shape index (κ1) is 35.4. The third kappa shape index (κ3) is 8.79. The van der Waals surface area contributed by atoms with Crippen LogP contribution in [0.2, 0.25) is 0 Å². The van der Waals surface area contributed by atoms with E-state index >= 15 is 0 Å². The van der Waals surface area contributed by atoms with Gasteiger partial charge in [0.25, 0.3) is 12.4 Å². The van der Waals surface area contributed by atoms with E-state index in [4.69, 9.17) is 32.9 Å². The Morgan fingerprint density at radius 3 is 1.79 bits per heavy atom. The van der Waals surface area contributed by atoms with E-state index in [1.807, 2.05) is 135 Å². The van der Waals surface area contributed by atoms with E-state index in [2.05, 4.69) is 18.1 Å². The summed E-state index contributed by atoms with van der Waals surface area (Å²) in [6, 6.07) is 48.7. The first-order valence-electron chi connectivity index (χ1n) is 27.8. The minimum Gasteiger partial charge on any atom is -0.508 e. The van der Waals surface area contributed by atoms with Crippen LogP contribution in [0.5, 0.6) is 11.5 Å². The standard InChI is InChI=1S/C63H45N7O.Pt/c1-63(2,3)47-37-51(43-21-8-4-9-22-43)59(52(38-47)44-23-10-5-11-24-44)69-36-35-68(42-69)48-29-20-30-49(39-48)71-57-41-56-53(50-31-16-17-32-55(50)70(56)58-33-18-19-34-64-58)40-54(57)62-66-60(45-25-12-6-13-26-45)65-61(67-62)46-27-14-7-15-28-46;/h4-38,40H,1-3H3;/q;+2/i4D,5D,8D,9D,10D,11D,21D,22D,23D,24D;. The first-order chi connectivity index (χ1) is 39.0. The van der Waals surface area contributed by atoms with Crippen LogP contribution in [0.1, 0.15) is 40.0 Å². The van der Waals surface area contributed by atoms with E-state index in [1.54, 1.807) is 53.5 Å². The van der Waals surface area contributed by atoms with Crippen molar-refractivity contribution in [1.29, 1.82) is 0 Å². The molecule has 9 heteroatoms. The van der Waals surface area contributed by atoms with Gasteiger partial charge in [-0.2, -0.15) is 6.07 Å². The molecule has 8 nitrogen and oxygen atoms in total. The maximum absolute atomic E-state index is 9.17. The van der Waals surface area contributed by atoms with Crippen molar-refractivity contribution in [2.24, 2.45) is 0 Å². The molecule has 0 bridgehead atoms. The fourth-order valence-electron chi connectivity index (χ4n) is 8.62. The van der Waals surface area contributed by atoms with E-state index in [0.29, 0.717) is 45.6 Å². The van der Waals surface area contributed by atoms with Gasteiger partial charge in [-0.25, -0.2) is 19.9 Å². The Labute approximate surface area is 446 Å². The molecule has 0 aliphatic carbocycles. The van der Waals surface area contributed by atoms with Gasteiger partial charge in [0.05, 0.1) is 24.8 Å². The van der Waals surface area contributed by atoms with Crippen molar-refractivity contribution < 1.29 is 48.7 Å². The molecule has 0 saturated carbocycles. The summed E-state index contributed by atoms with van der Waals surface area (Å²) in [5.41, 5.74) is 4.15. The molecule has 0 unspecified atom stereocenters. The maximum Gasteiger partial charge on any atom is 2.00 e. The number of ether oxygens (including phenoxy) is 1. The molecule has 0 spiro atoms. The smallest absolute Gasteiger partial charge is 0.508 e. The molecule has 3 aromatic heterocycles. The average molecular weight is 1120 g/mol. The predicted octanol–water partition coefficient (Wildman–Crippen LogP) is 15.0. The molecule has 1 aliphatic rings. The third-order valence-corrected chi connectivity index (χ3v) is 12.1. The number of nitrogens with zero attached hydrogens (tertiary/aromatic N) is 7. The van der Waals surface area contributed by atoms with Gasteiger partial charge in [0.2, 0.25) is 5.69 Å². The number of pyridine rings is 1. The number of hydrogen-bond donors (Lipinski definition) is 0. The van der Waals surface area contributed by atoms with Crippen LogP contribution in [0.4, 0.5) is 11.4 Å². The van der Waals surface area contributed by atoms with Crippen LogP contribution in [0, 0.1) is 12.1 Å². The largest absolute Gasteiger partial charge is 2.00 e. The Balaban J connectivity index is 0.00000705. The van der Waals surface area contributed by atoms with Gasteiger partial charge in [-0.3, -0.25) is 0 Å².